The number of unbranched alkanes of at least 4 members (excludes halogenated alkanes) is 42. The van der Waals surface area contributed by atoms with Crippen LogP contribution in [0.2, 0.25) is 0 Å². The average molecular weight is 1010 g/mol. The Bertz CT molecular complexity index is 1210. The second kappa shape index (κ2) is 61.2. The molecule has 0 N–H and O–H groups in total. The van der Waals surface area contributed by atoms with E-state index in [0.29, 0.717) is 19.3 Å². The Hall–Kier alpha value is -2.37. The normalized spacial score (nSPS) is 12.2. The highest BCUT2D eigenvalue weighted by molar-refractivity contribution is 5.71. The van der Waals surface area contributed by atoms with Crippen molar-refractivity contribution in [3.63, 3.8) is 0 Å². The molecule has 0 aliphatic heterocycles. The molecule has 6 nitrogen and oxygen atoms in total. The number of rotatable bonds is 59. The molecule has 0 aliphatic rings. The van der Waals surface area contributed by atoms with E-state index in [0.717, 1.165) is 77.0 Å². The predicted molar refractivity (Wildman–Crippen MR) is 312 cm³/mol. The molecule has 6 heteroatoms. The van der Waals surface area contributed by atoms with Gasteiger partial charge < -0.3 is 14.2 Å². The fourth-order valence-corrected chi connectivity index (χ4v) is 9.52. The molecule has 1 atom stereocenters. The second-order valence-corrected chi connectivity index (χ2v) is 21.7. The van der Waals surface area contributed by atoms with E-state index < -0.39 is 6.10 Å². The number of hydrogen-bond acceptors (Lipinski definition) is 6. The fraction of sp³-hybridized carbons (Fsp3) is 0.864. The van der Waals surface area contributed by atoms with E-state index in [4.69, 9.17) is 14.2 Å². The number of carbonyl (C=O) groups excluding carboxylic acids is 3. The van der Waals surface area contributed by atoms with Crippen LogP contribution in [0.1, 0.15) is 348 Å². The molecule has 0 aromatic heterocycles. The van der Waals surface area contributed by atoms with Gasteiger partial charge >= 0.3 is 17.9 Å². The van der Waals surface area contributed by atoms with Crippen LogP contribution >= 0.6 is 0 Å². The fourth-order valence-electron chi connectivity index (χ4n) is 9.52. The Kier molecular flexibility index (Phi) is 59.2. The first-order chi connectivity index (χ1) is 35.5. The quantitative estimate of drug-likeness (QED) is 0.0261. The maximum atomic E-state index is 12.9. The Morgan fingerprint density at radius 1 is 0.278 bits per heavy atom. The first-order valence-electron chi connectivity index (χ1n) is 32.0. The highest BCUT2D eigenvalue weighted by atomic mass is 16.6. The van der Waals surface area contributed by atoms with E-state index in [1.54, 1.807) is 0 Å². The van der Waals surface area contributed by atoms with Gasteiger partial charge in [0.25, 0.3) is 0 Å². The summed E-state index contributed by atoms with van der Waals surface area (Å²) in [5.41, 5.74) is 0. The second-order valence-electron chi connectivity index (χ2n) is 21.7. The molecule has 0 heterocycles. The molecule has 0 amide bonds. The van der Waals surface area contributed by atoms with Crippen LogP contribution in [0.3, 0.4) is 0 Å². The highest BCUT2D eigenvalue weighted by Crippen LogP contribution is 2.17. The molecule has 0 spiro atoms. The summed E-state index contributed by atoms with van der Waals surface area (Å²) in [7, 11) is 0. The van der Waals surface area contributed by atoms with Gasteiger partial charge in [-0.3, -0.25) is 14.4 Å². The Morgan fingerprint density at radius 2 is 0.514 bits per heavy atom. The lowest BCUT2D eigenvalue weighted by Gasteiger charge is -2.18. The molecule has 0 aromatic rings. The summed E-state index contributed by atoms with van der Waals surface area (Å²) in [4.78, 5) is 38.3. The third-order valence-corrected chi connectivity index (χ3v) is 14.4. The minimum absolute atomic E-state index is 0.0732. The standard InChI is InChI=1S/C66H122O6/c1-4-7-10-13-16-19-22-25-28-30-32-33-35-36-38-41-44-47-50-53-56-59-65(68)71-62-63(61-70-64(67)58-55-52-49-46-43-40-27-24-21-18-15-12-9-6-3)72-66(69)60-57-54-51-48-45-42-39-37-34-31-29-26-23-20-17-14-11-8-5-2/h15,18,24,26-27,29,63H,4-14,16-17,19-23,25,28,30-62H2,1-3H3/b18-15-,27-24-,29-26-. The summed E-state index contributed by atoms with van der Waals surface area (Å²) in [5, 5.41) is 0. The maximum absolute atomic E-state index is 12.9. The van der Waals surface area contributed by atoms with Crippen LogP contribution in [-0.2, 0) is 28.6 Å². The Morgan fingerprint density at radius 3 is 0.819 bits per heavy atom. The molecule has 0 rings (SSSR count). The summed E-state index contributed by atoms with van der Waals surface area (Å²) in [6.45, 7) is 6.64. The molecule has 0 saturated heterocycles. The van der Waals surface area contributed by atoms with E-state index in [9.17, 15) is 14.4 Å². The largest absolute Gasteiger partial charge is 0.462 e. The zero-order valence-corrected chi connectivity index (χ0v) is 48.5. The van der Waals surface area contributed by atoms with Gasteiger partial charge in [0.2, 0.25) is 0 Å². The third kappa shape index (κ3) is 58.5. The number of hydrogen-bond donors (Lipinski definition) is 0. The smallest absolute Gasteiger partial charge is 0.306 e. The third-order valence-electron chi connectivity index (χ3n) is 14.4. The van der Waals surface area contributed by atoms with Gasteiger partial charge in [0, 0.05) is 19.3 Å². The first-order valence-corrected chi connectivity index (χ1v) is 32.0. The van der Waals surface area contributed by atoms with Gasteiger partial charge in [-0.05, 0) is 70.6 Å². The molecule has 0 aromatic carbocycles. The molecule has 0 fully saturated rings. The van der Waals surface area contributed by atoms with Gasteiger partial charge in [0.1, 0.15) is 13.2 Å². The van der Waals surface area contributed by atoms with Crippen molar-refractivity contribution in [1.82, 2.24) is 0 Å². The Balaban J connectivity index is 4.30. The summed E-state index contributed by atoms with van der Waals surface area (Å²) >= 11 is 0. The monoisotopic (exact) mass is 1010 g/mol. The zero-order valence-electron chi connectivity index (χ0n) is 48.5. The molecule has 0 saturated carbocycles. The van der Waals surface area contributed by atoms with E-state index in [-0.39, 0.29) is 31.1 Å². The van der Waals surface area contributed by atoms with Crippen molar-refractivity contribution in [2.24, 2.45) is 0 Å². The predicted octanol–water partition coefficient (Wildman–Crippen LogP) is 21.6. The van der Waals surface area contributed by atoms with Crippen molar-refractivity contribution in [3.8, 4) is 0 Å². The van der Waals surface area contributed by atoms with E-state index in [2.05, 4.69) is 57.2 Å². The van der Waals surface area contributed by atoms with Crippen LogP contribution < -0.4 is 0 Å². The van der Waals surface area contributed by atoms with E-state index >= 15 is 0 Å². The van der Waals surface area contributed by atoms with Crippen molar-refractivity contribution in [2.45, 2.75) is 354 Å². The van der Waals surface area contributed by atoms with Gasteiger partial charge in [-0.2, -0.15) is 0 Å². The summed E-state index contributed by atoms with van der Waals surface area (Å²) in [5.74, 6) is -0.867. The lowest BCUT2D eigenvalue weighted by molar-refractivity contribution is -0.167. The lowest BCUT2D eigenvalue weighted by atomic mass is 10.0. The minimum Gasteiger partial charge on any atom is -0.462 e. The van der Waals surface area contributed by atoms with E-state index in [1.807, 2.05) is 0 Å². The molecule has 72 heavy (non-hydrogen) atoms. The Labute approximate surface area is 448 Å². The van der Waals surface area contributed by atoms with Gasteiger partial charge in [0.15, 0.2) is 6.10 Å². The molecule has 422 valence electrons. The number of esters is 3. The molecule has 0 radical (unpaired) electrons. The van der Waals surface area contributed by atoms with Crippen LogP contribution in [-0.4, -0.2) is 37.2 Å². The number of allylic oxidation sites excluding steroid dienone is 6. The van der Waals surface area contributed by atoms with Crippen molar-refractivity contribution in [1.29, 1.82) is 0 Å². The van der Waals surface area contributed by atoms with Crippen molar-refractivity contribution >= 4 is 17.9 Å². The van der Waals surface area contributed by atoms with Crippen molar-refractivity contribution in [2.75, 3.05) is 13.2 Å². The van der Waals surface area contributed by atoms with Crippen LogP contribution in [0.15, 0.2) is 36.5 Å². The molecular weight excluding hydrogens is 889 g/mol. The molecular formula is C66H122O6. The topological polar surface area (TPSA) is 78.9 Å². The maximum Gasteiger partial charge on any atom is 0.306 e. The van der Waals surface area contributed by atoms with Gasteiger partial charge in [-0.1, -0.05) is 295 Å². The molecule has 0 aliphatic carbocycles. The summed E-state index contributed by atoms with van der Waals surface area (Å²) in [6, 6.07) is 0. The highest BCUT2D eigenvalue weighted by Gasteiger charge is 2.19. The van der Waals surface area contributed by atoms with E-state index in [1.165, 1.54) is 231 Å². The SMILES string of the molecule is CCCC/C=C\C/C=C\CCCCCCCC(=O)OCC(COC(=O)CCCCCCCCCCCCCCCCCCCCCCC)OC(=O)CCCCCCCCCCC/C=C\CCCCCCCC. The van der Waals surface area contributed by atoms with Crippen molar-refractivity contribution < 1.29 is 28.6 Å². The molecule has 1 unspecified atom stereocenters. The van der Waals surface area contributed by atoms with Gasteiger partial charge in [0.05, 0.1) is 0 Å². The minimum atomic E-state index is -0.777. The summed E-state index contributed by atoms with van der Waals surface area (Å²) in [6.07, 6.45) is 74.3. The van der Waals surface area contributed by atoms with Gasteiger partial charge in [-0.15, -0.1) is 0 Å². The van der Waals surface area contributed by atoms with Crippen LogP contribution in [0.5, 0.6) is 0 Å². The zero-order chi connectivity index (χ0) is 52.2. The number of ether oxygens (including phenoxy) is 3. The summed E-state index contributed by atoms with van der Waals surface area (Å²) < 4.78 is 16.9. The lowest BCUT2D eigenvalue weighted by Crippen LogP contribution is -2.30. The van der Waals surface area contributed by atoms with Crippen LogP contribution in [0, 0.1) is 0 Å². The first kappa shape index (κ1) is 69.6. The van der Waals surface area contributed by atoms with Crippen LogP contribution in [0.4, 0.5) is 0 Å². The van der Waals surface area contributed by atoms with Crippen molar-refractivity contribution in [3.05, 3.63) is 36.5 Å². The average Bonchev–Trinajstić information content (AvgIpc) is 3.38. The number of carbonyl (C=O) groups is 3. The van der Waals surface area contributed by atoms with Crippen LogP contribution in [0.25, 0.3) is 0 Å². The van der Waals surface area contributed by atoms with Gasteiger partial charge in [-0.25, -0.2) is 0 Å². The molecule has 0 bridgehead atoms.